The summed E-state index contributed by atoms with van der Waals surface area (Å²) in [6.07, 6.45) is 2.13. The van der Waals surface area contributed by atoms with Crippen LogP contribution in [0.5, 0.6) is 0 Å². The van der Waals surface area contributed by atoms with Gasteiger partial charge in [0.15, 0.2) is 0 Å². The molecule has 0 amide bonds. The van der Waals surface area contributed by atoms with Gasteiger partial charge in [0.25, 0.3) is 0 Å². The maximum atomic E-state index is 5.81. The van der Waals surface area contributed by atoms with Crippen LogP contribution in [0.3, 0.4) is 0 Å². The summed E-state index contributed by atoms with van der Waals surface area (Å²) in [5.74, 6) is 0. The number of nitrogens with one attached hydrogen (secondary N) is 1. The Morgan fingerprint density at radius 3 is 2.65 bits per heavy atom. The Labute approximate surface area is 121 Å². The van der Waals surface area contributed by atoms with E-state index < -0.39 is 0 Å². The van der Waals surface area contributed by atoms with Gasteiger partial charge in [-0.05, 0) is 32.5 Å². The van der Waals surface area contributed by atoms with Crippen molar-refractivity contribution in [1.29, 1.82) is 0 Å². The van der Waals surface area contributed by atoms with E-state index in [4.69, 9.17) is 9.72 Å². The van der Waals surface area contributed by atoms with E-state index >= 15 is 0 Å². The zero-order chi connectivity index (χ0) is 14.4. The fourth-order valence-corrected chi connectivity index (χ4v) is 2.60. The molecule has 0 aliphatic heterocycles. The van der Waals surface area contributed by atoms with E-state index in [0.29, 0.717) is 6.04 Å². The minimum absolute atomic E-state index is 0.235. The van der Waals surface area contributed by atoms with Gasteiger partial charge >= 0.3 is 0 Å². The molecule has 0 spiro atoms. The van der Waals surface area contributed by atoms with E-state index in [0.717, 1.165) is 30.7 Å². The smallest absolute Gasteiger partial charge is 0.0729 e. The number of benzene rings is 1. The summed E-state index contributed by atoms with van der Waals surface area (Å²) in [4.78, 5) is 4.74. The maximum absolute atomic E-state index is 5.81. The SMILES string of the molecule is CCOC(CC)C(Cc1ccc2ccccc2n1)NC. The molecule has 20 heavy (non-hydrogen) atoms. The normalized spacial score (nSPS) is 14.3. The lowest BCUT2D eigenvalue weighted by atomic mass is 10.0. The van der Waals surface area contributed by atoms with Gasteiger partial charge in [-0.2, -0.15) is 0 Å². The van der Waals surface area contributed by atoms with Gasteiger partial charge in [0.2, 0.25) is 0 Å². The summed E-state index contributed by atoms with van der Waals surface area (Å²) >= 11 is 0. The molecule has 0 bridgehead atoms. The molecule has 1 aromatic carbocycles. The molecule has 0 fully saturated rings. The van der Waals surface area contributed by atoms with Crippen molar-refractivity contribution in [3.8, 4) is 0 Å². The highest BCUT2D eigenvalue weighted by Gasteiger charge is 2.19. The monoisotopic (exact) mass is 272 g/mol. The van der Waals surface area contributed by atoms with E-state index in [1.54, 1.807) is 0 Å². The summed E-state index contributed by atoms with van der Waals surface area (Å²) in [6.45, 7) is 4.96. The predicted octanol–water partition coefficient (Wildman–Crippen LogP) is 3.18. The predicted molar refractivity (Wildman–Crippen MR) is 84.0 cm³/mol. The van der Waals surface area contributed by atoms with Crippen molar-refractivity contribution in [2.45, 2.75) is 38.8 Å². The van der Waals surface area contributed by atoms with Crippen LogP contribution < -0.4 is 5.32 Å². The fraction of sp³-hybridized carbons (Fsp3) is 0.471. The second-order valence-corrected chi connectivity index (χ2v) is 5.00. The van der Waals surface area contributed by atoms with Gasteiger partial charge in [0.1, 0.15) is 0 Å². The second kappa shape index (κ2) is 7.36. The number of rotatable bonds is 7. The highest BCUT2D eigenvalue weighted by Crippen LogP contribution is 2.15. The minimum atomic E-state index is 0.235. The van der Waals surface area contributed by atoms with Gasteiger partial charge in [0.05, 0.1) is 11.6 Å². The van der Waals surface area contributed by atoms with E-state index in [1.165, 1.54) is 5.39 Å². The van der Waals surface area contributed by atoms with Crippen molar-refractivity contribution in [2.75, 3.05) is 13.7 Å². The largest absolute Gasteiger partial charge is 0.377 e. The molecule has 108 valence electrons. The first-order valence-corrected chi connectivity index (χ1v) is 7.42. The molecule has 0 saturated carbocycles. The van der Waals surface area contributed by atoms with Crippen LogP contribution in [0.25, 0.3) is 10.9 Å². The molecule has 2 unspecified atom stereocenters. The minimum Gasteiger partial charge on any atom is -0.377 e. The number of ether oxygens (including phenoxy) is 1. The molecule has 0 aliphatic rings. The van der Waals surface area contributed by atoms with E-state index in [-0.39, 0.29) is 6.10 Å². The number of pyridine rings is 1. The Balaban J connectivity index is 2.16. The lowest BCUT2D eigenvalue weighted by Crippen LogP contribution is -2.41. The molecular weight excluding hydrogens is 248 g/mol. The van der Waals surface area contributed by atoms with Gasteiger partial charge in [-0.15, -0.1) is 0 Å². The van der Waals surface area contributed by atoms with Crippen molar-refractivity contribution in [2.24, 2.45) is 0 Å². The Hall–Kier alpha value is -1.45. The summed E-state index contributed by atoms with van der Waals surface area (Å²) in [5, 5.41) is 4.56. The molecule has 0 aliphatic carbocycles. The highest BCUT2D eigenvalue weighted by atomic mass is 16.5. The lowest BCUT2D eigenvalue weighted by molar-refractivity contribution is 0.0337. The highest BCUT2D eigenvalue weighted by molar-refractivity contribution is 5.78. The van der Waals surface area contributed by atoms with Gasteiger partial charge in [0, 0.05) is 30.1 Å². The van der Waals surface area contributed by atoms with E-state index in [9.17, 15) is 0 Å². The molecule has 1 aromatic heterocycles. The fourth-order valence-electron chi connectivity index (χ4n) is 2.60. The summed E-state index contributed by atoms with van der Waals surface area (Å²) in [6, 6.07) is 12.8. The molecule has 3 nitrogen and oxygen atoms in total. The molecule has 0 radical (unpaired) electrons. The third-order valence-corrected chi connectivity index (χ3v) is 3.69. The third-order valence-electron chi connectivity index (χ3n) is 3.69. The van der Waals surface area contributed by atoms with Crippen LogP contribution in [0.1, 0.15) is 26.0 Å². The van der Waals surface area contributed by atoms with E-state index in [2.05, 4.69) is 36.5 Å². The number of likely N-dealkylation sites (N-methyl/N-ethyl adjacent to an activating group) is 1. The van der Waals surface area contributed by atoms with Crippen LogP contribution in [0.2, 0.25) is 0 Å². The summed E-state index contributed by atoms with van der Waals surface area (Å²) in [7, 11) is 1.99. The molecule has 2 aromatic rings. The van der Waals surface area contributed by atoms with Crippen molar-refractivity contribution in [3.63, 3.8) is 0 Å². The molecule has 3 heteroatoms. The summed E-state index contributed by atoms with van der Waals surface area (Å²) in [5.41, 5.74) is 2.17. The number of fused-ring (bicyclic) bond motifs is 1. The van der Waals surface area contributed by atoms with Crippen LogP contribution in [-0.4, -0.2) is 30.8 Å². The standard InChI is InChI=1S/C17H24N2O/c1-4-17(20-5-2)16(18-3)12-14-11-10-13-8-6-7-9-15(13)19-14/h6-11,16-18H,4-5,12H2,1-3H3. The maximum Gasteiger partial charge on any atom is 0.0729 e. The second-order valence-electron chi connectivity index (χ2n) is 5.00. The zero-order valence-electron chi connectivity index (χ0n) is 12.6. The first kappa shape index (κ1) is 14.9. The van der Waals surface area contributed by atoms with Crippen LogP contribution in [0, 0.1) is 0 Å². The lowest BCUT2D eigenvalue weighted by Gasteiger charge is -2.25. The number of hydrogen-bond donors (Lipinski definition) is 1. The Kier molecular flexibility index (Phi) is 5.50. The Bertz CT molecular complexity index is 541. The summed E-state index contributed by atoms with van der Waals surface area (Å²) < 4.78 is 5.81. The average molecular weight is 272 g/mol. The number of hydrogen-bond acceptors (Lipinski definition) is 3. The zero-order valence-corrected chi connectivity index (χ0v) is 12.6. The quantitative estimate of drug-likeness (QED) is 0.840. The molecule has 2 rings (SSSR count). The number of para-hydroxylation sites is 1. The van der Waals surface area contributed by atoms with Gasteiger partial charge in [-0.1, -0.05) is 31.2 Å². The van der Waals surface area contributed by atoms with Crippen LogP contribution in [-0.2, 0) is 11.2 Å². The molecule has 0 saturated heterocycles. The third kappa shape index (κ3) is 3.56. The average Bonchev–Trinajstić information content (AvgIpc) is 2.50. The van der Waals surface area contributed by atoms with Crippen LogP contribution in [0.4, 0.5) is 0 Å². The van der Waals surface area contributed by atoms with Crippen molar-refractivity contribution >= 4 is 10.9 Å². The van der Waals surface area contributed by atoms with Gasteiger partial charge in [-0.25, -0.2) is 0 Å². The van der Waals surface area contributed by atoms with E-state index in [1.807, 2.05) is 26.1 Å². The number of aromatic nitrogens is 1. The molecule has 2 atom stereocenters. The van der Waals surface area contributed by atoms with Crippen LogP contribution in [0.15, 0.2) is 36.4 Å². The van der Waals surface area contributed by atoms with Crippen molar-refractivity contribution in [3.05, 3.63) is 42.1 Å². The van der Waals surface area contributed by atoms with Crippen molar-refractivity contribution in [1.82, 2.24) is 10.3 Å². The Morgan fingerprint density at radius 1 is 1.15 bits per heavy atom. The topological polar surface area (TPSA) is 34.1 Å². The first-order valence-electron chi connectivity index (χ1n) is 7.42. The van der Waals surface area contributed by atoms with Crippen LogP contribution >= 0.6 is 0 Å². The molecular formula is C17H24N2O. The van der Waals surface area contributed by atoms with Crippen molar-refractivity contribution < 1.29 is 4.74 Å². The first-order chi connectivity index (χ1) is 9.78. The Morgan fingerprint density at radius 2 is 1.95 bits per heavy atom. The molecule has 1 heterocycles. The van der Waals surface area contributed by atoms with Gasteiger partial charge < -0.3 is 10.1 Å². The molecule has 1 N–H and O–H groups in total. The number of nitrogens with zero attached hydrogens (tertiary/aromatic N) is 1. The van der Waals surface area contributed by atoms with Gasteiger partial charge in [-0.3, -0.25) is 4.98 Å².